The van der Waals surface area contributed by atoms with E-state index in [0.717, 1.165) is 0 Å². The SMILES string of the molecule is CC1COP(=O)(OP2(=O)OCC(C)O2)O1. The Bertz CT molecular complexity index is 310. The van der Waals surface area contributed by atoms with Gasteiger partial charge in [0, 0.05) is 0 Å². The van der Waals surface area contributed by atoms with E-state index in [1.54, 1.807) is 13.8 Å². The molecule has 2 rings (SSSR count). The summed E-state index contributed by atoms with van der Waals surface area (Å²) in [6, 6.07) is 0. The average Bonchev–Trinajstić information content (AvgIpc) is 2.57. The first-order valence-electron chi connectivity index (χ1n) is 4.48. The predicted octanol–water partition coefficient (Wildman–Crippen LogP) is 2.09. The molecule has 4 unspecified atom stereocenters. The van der Waals surface area contributed by atoms with Crippen LogP contribution in [-0.2, 0) is 31.5 Å². The van der Waals surface area contributed by atoms with Crippen LogP contribution in [0.4, 0.5) is 0 Å². The minimum atomic E-state index is -3.78. The van der Waals surface area contributed by atoms with Crippen molar-refractivity contribution in [3.8, 4) is 0 Å². The summed E-state index contributed by atoms with van der Waals surface area (Å²) in [6.07, 6.45) is -0.718. The Morgan fingerprint density at radius 1 is 1.00 bits per heavy atom. The molecule has 9 heteroatoms. The lowest BCUT2D eigenvalue weighted by Gasteiger charge is -2.13. The van der Waals surface area contributed by atoms with E-state index in [-0.39, 0.29) is 25.4 Å². The van der Waals surface area contributed by atoms with Gasteiger partial charge in [0.15, 0.2) is 0 Å². The van der Waals surface area contributed by atoms with Crippen molar-refractivity contribution in [1.29, 1.82) is 0 Å². The van der Waals surface area contributed by atoms with E-state index in [0.29, 0.717) is 0 Å². The molecular weight excluding hydrogens is 246 g/mol. The highest BCUT2D eigenvalue weighted by Crippen LogP contribution is 2.70. The number of phosphoric acid groups is 2. The van der Waals surface area contributed by atoms with Crippen molar-refractivity contribution in [1.82, 2.24) is 0 Å². The quantitative estimate of drug-likeness (QED) is 0.701. The maximum atomic E-state index is 11.7. The van der Waals surface area contributed by atoms with Gasteiger partial charge in [-0.1, -0.05) is 0 Å². The molecule has 0 aromatic rings. The van der Waals surface area contributed by atoms with Gasteiger partial charge in [0.1, 0.15) is 0 Å². The van der Waals surface area contributed by atoms with Crippen LogP contribution in [0.1, 0.15) is 13.8 Å². The van der Waals surface area contributed by atoms with Gasteiger partial charge in [-0.05, 0) is 13.8 Å². The van der Waals surface area contributed by atoms with Gasteiger partial charge in [-0.3, -0.25) is 18.1 Å². The molecule has 0 aromatic carbocycles. The van der Waals surface area contributed by atoms with E-state index in [4.69, 9.17) is 22.4 Å². The molecule has 15 heavy (non-hydrogen) atoms. The monoisotopic (exact) mass is 258 g/mol. The molecule has 0 bridgehead atoms. The summed E-state index contributed by atoms with van der Waals surface area (Å²) in [6.45, 7) is 3.59. The Hall–Kier alpha value is 0.260. The highest BCUT2D eigenvalue weighted by atomic mass is 31.3. The molecule has 2 heterocycles. The first-order chi connectivity index (χ1) is 6.91. The van der Waals surface area contributed by atoms with Gasteiger partial charge in [0.2, 0.25) is 0 Å². The van der Waals surface area contributed by atoms with Crippen LogP contribution in [0.25, 0.3) is 0 Å². The third kappa shape index (κ3) is 2.68. The highest BCUT2D eigenvalue weighted by molar-refractivity contribution is 7.62. The third-order valence-electron chi connectivity index (χ3n) is 1.75. The van der Waals surface area contributed by atoms with Crippen molar-refractivity contribution >= 4 is 15.6 Å². The van der Waals surface area contributed by atoms with E-state index in [2.05, 4.69) is 0 Å². The lowest BCUT2D eigenvalue weighted by atomic mass is 10.5. The predicted molar refractivity (Wildman–Crippen MR) is 49.3 cm³/mol. The first kappa shape index (κ1) is 11.7. The molecule has 2 fully saturated rings. The van der Waals surface area contributed by atoms with E-state index >= 15 is 0 Å². The molecule has 0 amide bonds. The Morgan fingerprint density at radius 2 is 1.40 bits per heavy atom. The van der Waals surface area contributed by atoms with E-state index < -0.39 is 15.6 Å². The van der Waals surface area contributed by atoms with Gasteiger partial charge in [-0.2, -0.15) is 4.31 Å². The molecule has 0 radical (unpaired) electrons. The normalized spacial score (nSPS) is 51.1. The lowest BCUT2D eigenvalue weighted by Crippen LogP contribution is -2.00. The summed E-state index contributed by atoms with van der Waals surface area (Å²) in [4.78, 5) is 0. The van der Waals surface area contributed by atoms with Crippen LogP contribution in [0, 0.1) is 0 Å². The minimum absolute atomic E-state index is 0.132. The van der Waals surface area contributed by atoms with Crippen LogP contribution in [0.3, 0.4) is 0 Å². The van der Waals surface area contributed by atoms with Gasteiger partial charge >= 0.3 is 15.6 Å². The number of hydrogen-bond donors (Lipinski definition) is 0. The zero-order valence-corrected chi connectivity index (χ0v) is 10.1. The Balaban J connectivity index is 2.03. The number of hydrogen-bond acceptors (Lipinski definition) is 7. The molecule has 2 saturated heterocycles. The first-order valence-corrected chi connectivity index (χ1v) is 7.40. The molecular formula is C6H12O7P2. The van der Waals surface area contributed by atoms with Crippen molar-refractivity contribution in [3.63, 3.8) is 0 Å². The molecule has 7 nitrogen and oxygen atoms in total. The van der Waals surface area contributed by atoms with Crippen molar-refractivity contribution in [2.75, 3.05) is 13.2 Å². The lowest BCUT2D eigenvalue weighted by molar-refractivity contribution is 0.193. The molecule has 0 saturated carbocycles. The molecule has 0 spiro atoms. The van der Waals surface area contributed by atoms with Crippen LogP contribution in [0.2, 0.25) is 0 Å². The molecule has 2 aliphatic rings. The van der Waals surface area contributed by atoms with Crippen LogP contribution in [0.15, 0.2) is 0 Å². The van der Waals surface area contributed by atoms with Gasteiger partial charge in [0.25, 0.3) is 0 Å². The number of rotatable bonds is 2. The van der Waals surface area contributed by atoms with Gasteiger partial charge in [-0.25, -0.2) is 9.13 Å². The second-order valence-electron chi connectivity index (χ2n) is 3.40. The Kier molecular flexibility index (Phi) is 3.07. The van der Waals surface area contributed by atoms with Crippen LogP contribution < -0.4 is 0 Å². The second kappa shape index (κ2) is 3.93. The summed E-state index contributed by atoms with van der Waals surface area (Å²) in [5, 5.41) is 0. The molecule has 0 aliphatic carbocycles. The molecule has 0 N–H and O–H groups in total. The Labute approximate surface area is 87.2 Å². The van der Waals surface area contributed by atoms with Crippen LogP contribution in [-0.4, -0.2) is 25.4 Å². The third-order valence-corrected chi connectivity index (χ3v) is 5.52. The Morgan fingerprint density at radius 3 is 1.67 bits per heavy atom. The molecule has 0 aromatic heterocycles. The summed E-state index contributed by atoms with van der Waals surface area (Å²) in [5.41, 5.74) is 0. The molecule has 4 atom stereocenters. The van der Waals surface area contributed by atoms with Crippen molar-refractivity contribution in [2.45, 2.75) is 26.1 Å². The van der Waals surface area contributed by atoms with E-state index in [9.17, 15) is 9.13 Å². The molecule has 88 valence electrons. The smallest absolute Gasteiger partial charge is 0.284 e. The summed E-state index contributed by atoms with van der Waals surface area (Å²) in [5.74, 6) is 0. The topological polar surface area (TPSA) is 80.3 Å². The maximum Gasteiger partial charge on any atom is 0.484 e. The van der Waals surface area contributed by atoms with E-state index in [1.807, 2.05) is 0 Å². The van der Waals surface area contributed by atoms with Gasteiger partial charge < -0.3 is 0 Å². The highest BCUT2D eigenvalue weighted by Gasteiger charge is 2.48. The maximum absolute atomic E-state index is 11.7. The van der Waals surface area contributed by atoms with Crippen LogP contribution >= 0.6 is 15.6 Å². The zero-order chi connectivity index (χ0) is 11.1. The summed E-state index contributed by atoms with van der Waals surface area (Å²) >= 11 is 0. The van der Waals surface area contributed by atoms with Crippen LogP contribution in [0.5, 0.6) is 0 Å². The fourth-order valence-corrected chi connectivity index (χ4v) is 4.74. The van der Waals surface area contributed by atoms with Crippen molar-refractivity contribution in [2.24, 2.45) is 0 Å². The van der Waals surface area contributed by atoms with Gasteiger partial charge in [0.05, 0.1) is 25.4 Å². The number of phosphoric ester groups is 2. The summed E-state index contributed by atoms with van der Waals surface area (Å²) in [7, 11) is -7.56. The standard InChI is InChI=1S/C6H12O7P2/c1-5-3-9-14(7,11-5)13-15(8)10-4-6(2)12-15/h5-6H,3-4H2,1-2H3. The molecule has 2 aliphatic heterocycles. The average molecular weight is 258 g/mol. The van der Waals surface area contributed by atoms with Crippen molar-refractivity contribution in [3.05, 3.63) is 0 Å². The van der Waals surface area contributed by atoms with Crippen molar-refractivity contribution < 1.29 is 31.5 Å². The minimum Gasteiger partial charge on any atom is -0.284 e. The summed E-state index contributed by atoms with van der Waals surface area (Å²) < 4.78 is 47.5. The van der Waals surface area contributed by atoms with E-state index in [1.165, 1.54) is 0 Å². The zero-order valence-electron chi connectivity index (χ0n) is 8.32. The largest absolute Gasteiger partial charge is 0.484 e. The fourth-order valence-electron chi connectivity index (χ4n) is 1.16. The van der Waals surface area contributed by atoms with Gasteiger partial charge in [-0.15, -0.1) is 0 Å². The fraction of sp³-hybridized carbons (Fsp3) is 1.00. The second-order valence-corrected chi connectivity index (χ2v) is 6.78.